The highest BCUT2D eigenvalue weighted by Gasteiger charge is 2.33. The second-order valence-corrected chi connectivity index (χ2v) is 6.56. The molecule has 2 aromatic rings. The molecule has 2 aromatic heterocycles. The maximum atomic E-state index is 11.9. The number of hydrogen-bond donors (Lipinski definition) is 0. The van der Waals surface area contributed by atoms with Gasteiger partial charge in [0.25, 0.3) is 0 Å². The van der Waals surface area contributed by atoms with Gasteiger partial charge in [-0.2, -0.15) is 0 Å². The maximum Gasteiger partial charge on any atom is 0.315 e. The highest BCUT2D eigenvalue weighted by atomic mass is 79.9. The Hall–Kier alpha value is -1.27. The summed E-state index contributed by atoms with van der Waals surface area (Å²) in [6, 6.07) is 1.99. The van der Waals surface area contributed by atoms with Crippen LogP contribution in [0.2, 0.25) is 0 Å². The molecule has 1 aliphatic carbocycles. The van der Waals surface area contributed by atoms with Crippen molar-refractivity contribution in [1.29, 1.82) is 0 Å². The van der Waals surface area contributed by atoms with E-state index in [9.17, 15) is 4.79 Å². The molecular weight excluding hydrogens is 340 g/mol. The first-order valence-electron chi connectivity index (χ1n) is 6.46. The number of carbonyl (C=O) groups is 1. The number of fused-ring (bicyclic) bond motifs is 1. The van der Waals surface area contributed by atoms with Crippen LogP contribution in [0.15, 0.2) is 22.9 Å². The lowest BCUT2D eigenvalue weighted by atomic mass is 10.1. The van der Waals surface area contributed by atoms with Crippen molar-refractivity contribution >= 4 is 33.2 Å². The number of ether oxygens (including phenoxy) is 1. The number of carbonyl (C=O) groups excluding carboxylic acids is 1. The highest BCUT2D eigenvalue weighted by molar-refractivity contribution is 9.10. The van der Waals surface area contributed by atoms with Crippen LogP contribution in [0.3, 0.4) is 0 Å². The summed E-state index contributed by atoms with van der Waals surface area (Å²) < 4.78 is 6.05. The number of rotatable bonds is 3. The molecule has 4 nitrogen and oxygen atoms in total. The van der Waals surface area contributed by atoms with E-state index < -0.39 is 0 Å². The number of halogens is 1. The zero-order valence-corrected chi connectivity index (χ0v) is 13.3. The molecule has 0 saturated carbocycles. The van der Waals surface area contributed by atoms with Crippen molar-refractivity contribution in [2.75, 3.05) is 6.61 Å². The number of nitrogens with zero attached hydrogens (tertiary/aromatic N) is 2. The monoisotopic (exact) mass is 352 g/mol. The lowest BCUT2D eigenvalue weighted by Crippen LogP contribution is -2.14. The molecule has 0 bridgehead atoms. The fraction of sp³-hybridized carbons (Fsp3) is 0.357. The Morgan fingerprint density at radius 2 is 2.40 bits per heavy atom. The van der Waals surface area contributed by atoms with Crippen molar-refractivity contribution in [3.63, 3.8) is 0 Å². The van der Waals surface area contributed by atoms with Crippen LogP contribution in [-0.2, 0) is 16.0 Å². The number of esters is 1. The minimum atomic E-state index is -0.199. The van der Waals surface area contributed by atoms with Gasteiger partial charge < -0.3 is 4.74 Å². The minimum absolute atomic E-state index is 0.157. The van der Waals surface area contributed by atoms with Gasteiger partial charge in [-0.3, -0.25) is 9.78 Å². The SMILES string of the molecule is CCOC(=O)C1CCc2sc(-c3cncc(Br)c3)nc21. The summed E-state index contributed by atoms with van der Waals surface area (Å²) in [5.41, 5.74) is 1.87. The van der Waals surface area contributed by atoms with Crippen molar-refractivity contribution in [1.82, 2.24) is 9.97 Å². The molecule has 0 radical (unpaired) electrons. The van der Waals surface area contributed by atoms with E-state index >= 15 is 0 Å². The number of aromatic nitrogens is 2. The molecule has 20 heavy (non-hydrogen) atoms. The molecule has 0 aliphatic heterocycles. The van der Waals surface area contributed by atoms with Gasteiger partial charge in [0, 0.05) is 27.3 Å². The van der Waals surface area contributed by atoms with Crippen LogP contribution in [0, 0.1) is 0 Å². The zero-order valence-electron chi connectivity index (χ0n) is 10.9. The predicted octanol–water partition coefficient (Wildman–Crippen LogP) is 3.56. The summed E-state index contributed by atoms with van der Waals surface area (Å²) in [6.45, 7) is 2.24. The van der Waals surface area contributed by atoms with E-state index in [1.54, 1.807) is 23.7 Å². The Morgan fingerprint density at radius 3 is 3.15 bits per heavy atom. The standard InChI is InChI=1S/C14H13BrN2O2S/c1-2-19-14(18)10-3-4-11-12(10)17-13(20-11)8-5-9(15)7-16-6-8/h5-7,10H,2-4H2,1H3. The Labute approximate surface area is 129 Å². The molecule has 6 heteroatoms. The van der Waals surface area contributed by atoms with Gasteiger partial charge in [0.15, 0.2) is 0 Å². The third-order valence-corrected chi connectivity index (χ3v) is 4.85. The number of aryl methyl sites for hydroxylation is 1. The number of pyridine rings is 1. The molecule has 104 valence electrons. The normalized spacial score (nSPS) is 17.0. The summed E-state index contributed by atoms with van der Waals surface area (Å²) >= 11 is 5.05. The molecule has 1 atom stereocenters. The average molecular weight is 353 g/mol. The number of thiazole rings is 1. The van der Waals surface area contributed by atoms with Crippen LogP contribution in [0.5, 0.6) is 0 Å². The molecule has 0 N–H and O–H groups in total. The Bertz CT molecular complexity index is 656. The summed E-state index contributed by atoms with van der Waals surface area (Å²) in [7, 11) is 0. The first-order valence-corrected chi connectivity index (χ1v) is 8.07. The van der Waals surface area contributed by atoms with E-state index in [0.717, 1.165) is 33.6 Å². The van der Waals surface area contributed by atoms with Crippen LogP contribution in [-0.4, -0.2) is 22.5 Å². The molecule has 0 spiro atoms. The molecule has 0 fully saturated rings. The lowest BCUT2D eigenvalue weighted by molar-refractivity contribution is -0.145. The molecular formula is C14H13BrN2O2S. The summed E-state index contributed by atoms with van der Waals surface area (Å²) in [4.78, 5) is 21.9. The van der Waals surface area contributed by atoms with Crippen LogP contribution in [0.1, 0.15) is 29.8 Å². The first-order chi connectivity index (χ1) is 9.69. The second kappa shape index (κ2) is 5.61. The molecule has 0 amide bonds. The maximum absolute atomic E-state index is 11.9. The first kappa shape index (κ1) is 13.7. The summed E-state index contributed by atoms with van der Waals surface area (Å²) in [5, 5.41) is 0.915. The third-order valence-electron chi connectivity index (χ3n) is 3.24. The van der Waals surface area contributed by atoms with E-state index in [1.165, 1.54) is 4.88 Å². The smallest absolute Gasteiger partial charge is 0.315 e. The Balaban J connectivity index is 1.92. The highest BCUT2D eigenvalue weighted by Crippen LogP contribution is 2.40. The van der Waals surface area contributed by atoms with E-state index in [4.69, 9.17) is 4.74 Å². The second-order valence-electron chi connectivity index (χ2n) is 4.56. The van der Waals surface area contributed by atoms with Gasteiger partial charge in [0.05, 0.1) is 12.3 Å². The van der Waals surface area contributed by atoms with Crippen molar-refractivity contribution in [3.8, 4) is 10.6 Å². The van der Waals surface area contributed by atoms with Gasteiger partial charge in [-0.25, -0.2) is 4.98 Å². The summed E-state index contributed by atoms with van der Waals surface area (Å²) in [5.74, 6) is -0.356. The van der Waals surface area contributed by atoms with Crippen molar-refractivity contribution < 1.29 is 9.53 Å². The molecule has 0 saturated heterocycles. The van der Waals surface area contributed by atoms with Gasteiger partial charge in [-0.1, -0.05) is 0 Å². The van der Waals surface area contributed by atoms with Crippen LogP contribution >= 0.6 is 27.3 Å². The average Bonchev–Trinajstić information content (AvgIpc) is 2.98. The van der Waals surface area contributed by atoms with E-state index in [-0.39, 0.29) is 11.9 Å². The minimum Gasteiger partial charge on any atom is -0.465 e. The van der Waals surface area contributed by atoms with Gasteiger partial charge in [0.1, 0.15) is 10.9 Å². The molecule has 2 heterocycles. The zero-order chi connectivity index (χ0) is 14.1. The lowest BCUT2D eigenvalue weighted by Gasteiger charge is -2.07. The number of hydrogen-bond acceptors (Lipinski definition) is 5. The van der Waals surface area contributed by atoms with Gasteiger partial charge in [-0.15, -0.1) is 11.3 Å². The molecule has 0 aromatic carbocycles. The van der Waals surface area contributed by atoms with Crippen LogP contribution < -0.4 is 0 Å². The Morgan fingerprint density at radius 1 is 1.55 bits per heavy atom. The topological polar surface area (TPSA) is 52.1 Å². The summed E-state index contributed by atoms with van der Waals surface area (Å²) in [6.07, 6.45) is 5.24. The largest absolute Gasteiger partial charge is 0.465 e. The van der Waals surface area contributed by atoms with Crippen molar-refractivity contribution in [3.05, 3.63) is 33.5 Å². The van der Waals surface area contributed by atoms with Crippen molar-refractivity contribution in [2.24, 2.45) is 0 Å². The molecule has 3 rings (SSSR count). The fourth-order valence-corrected chi connectivity index (χ4v) is 3.84. The van der Waals surface area contributed by atoms with Crippen LogP contribution in [0.4, 0.5) is 0 Å². The predicted molar refractivity (Wildman–Crippen MR) is 80.7 cm³/mol. The van der Waals surface area contributed by atoms with Crippen molar-refractivity contribution in [2.45, 2.75) is 25.7 Å². The van der Waals surface area contributed by atoms with E-state index in [1.807, 2.05) is 13.0 Å². The molecule has 1 unspecified atom stereocenters. The van der Waals surface area contributed by atoms with E-state index in [2.05, 4.69) is 25.9 Å². The van der Waals surface area contributed by atoms with Crippen LogP contribution in [0.25, 0.3) is 10.6 Å². The van der Waals surface area contributed by atoms with Gasteiger partial charge in [-0.05, 0) is 41.8 Å². The third kappa shape index (κ3) is 2.50. The fourth-order valence-electron chi connectivity index (χ4n) is 2.35. The molecule has 1 aliphatic rings. The Kier molecular flexibility index (Phi) is 3.85. The quantitative estimate of drug-likeness (QED) is 0.792. The van der Waals surface area contributed by atoms with Gasteiger partial charge in [0.2, 0.25) is 0 Å². The van der Waals surface area contributed by atoms with E-state index in [0.29, 0.717) is 6.61 Å². The van der Waals surface area contributed by atoms with Gasteiger partial charge >= 0.3 is 5.97 Å².